The zero-order valence-corrected chi connectivity index (χ0v) is 19.3. The second-order valence-electron chi connectivity index (χ2n) is 7.90. The van der Waals surface area contributed by atoms with E-state index in [-0.39, 0.29) is 10.8 Å². The number of pyridine rings is 1. The number of nitrogens with two attached hydrogens (primary N) is 1. The van der Waals surface area contributed by atoms with Crippen molar-refractivity contribution in [2.24, 2.45) is 0 Å². The molecule has 0 radical (unpaired) electrons. The molecule has 1 saturated heterocycles. The summed E-state index contributed by atoms with van der Waals surface area (Å²) in [5.74, 6) is -0.333. The Morgan fingerprint density at radius 1 is 1.10 bits per heavy atom. The summed E-state index contributed by atoms with van der Waals surface area (Å²) in [6.07, 6.45) is 3.90. The fourth-order valence-corrected chi connectivity index (χ4v) is 6.60. The summed E-state index contributed by atoms with van der Waals surface area (Å²) in [5.41, 5.74) is 9.04. The van der Waals surface area contributed by atoms with Crippen molar-refractivity contribution in [3.63, 3.8) is 0 Å². The van der Waals surface area contributed by atoms with Crippen LogP contribution in [0.3, 0.4) is 0 Å². The molecule has 2 aromatic heterocycles. The minimum absolute atomic E-state index is 0.240. The number of anilines is 2. The average molecular weight is 459 g/mol. The summed E-state index contributed by atoms with van der Waals surface area (Å²) in [7, 11) is -3.52. The van der Waals surface area contributed by atoms with Crippen LogP contribution in [0, 0.1) is 13.8 Å². The van der Waals surface area contributed by atoms with Crippen molar-refractivity contribution in [2.45, 2.75) is 44.4 Å². The van der Waals surface area contributed by atoms with Gasteiger partial charge in [-0.05, 0) is 62.6 Å². The maximum absolute atomic E-state index is 12.9. The van der Waals surface area contributed by atoms with E-state index in [0.29, 0.717) is 29.3 Å². The van der Waals surface area contributed by atoms with Crippen LogP contribution in [-0.4, -0.2) is 36.7 Å². The predicted molar refractivity (Wildman–Crippen MR) is 125 cm³/mol. The number of hydrogen-bond acceptors (Lipinski definition) is 6. The molecule has 164 valence electrons. The highest BCUT2D eigenvalue weighted by molar-refractivity contribution is 7.89. The Morgan fingerprint density at radius 2 is 1.74 bits per heavy atom. The molecule has 31 heavy (non-hydrogen) atoms. The molecule has 1 aliphatic heterocycles. The topological polar surface area (TPSA) is 105 Å². The molecule has 1 aliphatic rings. The van der Waals surface area contributed by atoms with Gasteiger partial charge in [0.15, 0.2) is 0 Å². The average Bonchev–Trinajstić information content (AvgIpc) is 2.90. The molecule has 1 fully saturated rings. The zero-order valence-electron chi connectivity index (χ0n) is 17.6. The van der Waals surface area contributed by atoms with Crippen LogP contribution < -0.4 is 11.1 Å². The van der Waals surface area contributed by atoms with Crippen LogP contribution in [0.4, 0.5) is 11.4 Å². The number of aromatic nitrogens is 1. The highest BCUT2D eigenvalue weighted by Crippen LogP contribution is 2.35. The Hall–Kier alpha value is -2.49. The van der Waals surface area contributed by atoms with Gasteiger partial charge in [0, 0.05) is 29.9 Å². The van der Waals surface area contributed by atoms with Crippen LogP contribution in [0.1, 0.15) is 46.6 Å². The smallest absolute Gasteiger partial charge is 0.267 e. The van der Waals surface area contributed by atoms with Gasteiger partial charge in [-0.1, -0.05) is 12.8 Å². The number of nitrogens with one attached hydrogen (secondary N) is 1. The first-order valence-electron chi connectivity index (χ1n) is 10.3. The van der Waals surface area contributed by atoms with Gasteiger partial charge in [0.2, 0.25) is 10.0 Å². The number of hydrogen-bond donors (Lipinski definition) is 2. The first kappa shape index (κ1) is 21.7. The van der Waals surface area contributed by atoms with E-state index in [2.05, 4.69) is 10.3 Å². The Kier molecular flexibility index (Phi) is 6.00. The predicted octanol–water partition coefficient (Wildman–Crippen LogP) is 4.31. The van der Waals surface area contributed by atoms with E-state index in [9.17, 15) is 13.2 Å². The molecule has 0 spiro atoms. The summed E-state index contributed by atoms with van der Waals surface area (Å²) in [6.45, 7) is 4.96. The molecule has 0 atom stereocenters. The minimum atomic E-state index is -3.52. The molecule has 7 nitrogen and oxygen atoms in total. The number of rotatable bonds is 4. The van der Waals surface area contributed by atoms with Crippen molar-refractivity contribution in [1.29, 1.82) is 0 Å². The van der Waals surface area contributed by atoms with Crippen LogP contribution in [0.5, 0.6) is 0 Å². The van der Waals surface area contributed by atoms with Crippen LogP contribution >= 0.6 is 11.3 Å². The maximum atomic E-state index is 12.9. The van der Waals surface area contributed by atoms with E-state index in [4.69, 9.17) is 5.73 Å². The van der Waals surface area contributed by atoms with E-state index in [1.807, 2.05) is 19.9 Å². The number of thiophene rings is 1. The second kappa shape index (κ2) is 8.57. The first-order chi connectivity index (χ1) is 14.8. The van der Waals surface area contributed by atoms with E-state index in [0.717, 1.165) is 47.2 Å². The molecule has 0 bridgehead atoms. The van der Waals surface area contributed by atoms with Crippen LogP contribution in [0.15, 0.2) is 35.2 Å². The summed E-state index contributed by atoms with van der Waals surface area (Å²) in [5, 5.41) is 3.62. The number of fused-ring (bicyclic) bond motifs is 1. The van der Waals surface area contributed by atoms with Gasteiger partial charge in [-0.25, -0.2) is 13.4 Å². The van der Waals surface area contributed by atoms with Crippen molar-refractivity contribution in [2.75, 3.05) is 24.1 Å². The Morgan fingerprint density at radius 3 is 2.39 bits per heavy atom. The van der Waals surface area contributed by atoms with E-state index in [1.165, 1.54) is 11.3 Å². The van der Waals surface area contributed by atoms with Crippen molar-refractivity contribution >= 4 is 48.9 Å². The lowest BCUT2D eigenvalue weighted by Crippen LogP contribution is -2.31. The minimum Gasteiger partial charge on any atom is -0.397 e. The lowest BCUT2D eigenvalue weighted by molar-refractivity contribution is 0.103. The van der Waals surface area contributed by atoms with Crippen LogP contribution in [0.25, 0.3) is 10.2 Å². The molecule has 1 amide bonds. The van der Waals surface area contributed by atoms with E-state index in [1.54, 1.807) is 28.6 Å². The number of nitrogens with zero attached hydrogens (tertiary/aromatic N) is 2. The monoisotopic (exact) mass is 458 g/mol. The maximum Gasteiger partial charge on any atom is 0.267 e. The Balaban J connectivity index is 1.54. The summed E-state index contributed by atoms with van der Waals surface area (Å²) < 4.78 is 27.4. The molecular weight excluding hydrogens is 432 g/mol. The summed E-state index contributed by atoms with van der Waals surface area (Å²) in [6, 6.07) is 8.24. The highest BCUT2D eigenvalue weighted by Gasteiger charge is 2.25. The van der Waals surface area contributed by atoms with Gasteiger partial charge in [-0.15, -0.1) is 11.3 Å². The molecular formula is C22H26N4O3S2. The first-order valence-corrected chi connectivity index (χ1v) is 12.6. The normalized spacial score (nSPS) is 15.7. The highest BCUT2D eigenvalue weighted by atomic mass is 32.2. The molecule has 4 rings (SSSR count). The van der Waals surface area contributed by atoms with Crippen molar-refractivity contribution in [3.8, 4) is 0 Å². The van der Waals surface area contributed by atoms with Crippen molar-refractivity contribution in [3.05, 3.63) is 46.5 Å². The molecule has 3 heterocycles. The van der Waals surface area contributed by atoms with E-state index >= 15 is 0 Å². The third-order valence-electron chi connectivity index (χ3n) is 5.55. The van der Waals surface area contributed by atoms with Crippen molar-refractivity contribution < 1.29 is 13.2 Å². The number of carbonyl (C=O) groups excluding carboxylic acids is 1. The van der Waals surface area contributed by atoms with Gasteiger partial charge in [-0.3, -0.25) is 4.79 Å². The lowest BCUT2D eigenvalue weighted by Gasteiger charge is -2.20. The molecule has 0 saturated carbocycles. The molecule has 3 N–H and O–H groups in total. The third kappa shape index (κ3) is 4.30. The van der Waals surface area contributed by atoms with Gasteiger partial charge in [-0.2, -0.15) is 4.31 Å². The molecule has 0 unspecified atom stereocenters. The van der Waals surface area contributed by atoms with Crippen molar-refractivity contribution in [1.82, 2.24) is 9.29 Å². The van der Waals surface area contributed by atoms with Gasteiger partial charge in [0.05, 0.1) is 10.6 Å². The van der Waals surface area contributed by atoms with Gasteiger partial charge >= 0.3 is 0 Å². The number of nitrogen functional groups attached to an aromatic ring is 1. The largest absolute Gasteiger partial charge is 0.397 e. The number of benzene rings is 1. The Bertz CT molecular complexity index is 1230. The lowest BCUT2D eigenvalue weighted by atomic mass is 10.1. The van der Waals surface area contributed by atoms with Gasteiger partial charge in [0.25, 0.3) is 5.91 Å². The van der Waals surface area contributed by atoms with Gasteiger partial charge < -0.3 is 11.1 Å². The Labute approximate surface area is 186 Å². The van der Waals surface area contributed by atoms with E-state index < -0.39 is 10.0 Å². The SMILES string of the molecule is Cc1cc(C)c2c(N)c(C(=O)Nc3ccc(S(=O)(=O)N4CCCCCC4)cc3)sc2n1. The number of sulfonamides is 1. The molecule has 1 aromatic carbocycles. The number of carbonyl (C=O) groups is 1. The summed E-state index contributed by atoms with van der Waals surface area (Å²) in [4.78, 5) is 18.7. The standard InChI is InChI=1S/C22H26N4O3S2/c1-14-13-15(2)24-22-18(14)19(23)20(30-22)21(27)25-16-7-9-17(10-8-16)31(28,29)26-11-5-3-4-6-12-26/h7-10,13H,3-6,11-12,23H2,1-2H3,(H,25,27). The summed E-state index contributed by atoms with van der Waals surface area (Å²) >= 11 is 1.26. The number of aryl methyl sites for hydroxylation is 2. The number of amides is 1. The molecule has 3 aromatic rings. The van der Waals surface area contributed by atoms with Gasteiger partial charge in [0.1, 0.15) is 9.71 Å². The fourth-order valence-electron chi connectivity index (χ4n) is 3.97. The third-order valence-corrected chi connectivity index (χ3v) is 8.56. The zero-order chi connectivity index (χ0) is 22.2. The van der Waals surface area contributed by atoms with Crippen LogP contribution in [-0.2, 0) is 10.0 Å². The van der Waals surface area contributed by atoms with Crippen LogP contribution in [0.2, 0.25) is 0 Å². The quantitative estimate of drug-likeness (QED) is 0.606. The fraction of sp³-hybridized carbons (Fsp3) is 0.364. The second-order valence-corrected chi connectivity index (χ2v) is 10.8. The molecule has 0 aliphatic carbocycles. The molecule has 9 heteroatoms.